The lowest BCUT2D eigenvalue weighted by Gasteiger charge is -2.14. The third kappa shape index (κ3) is 2.35. The van der Waals surface area contributed by atoms with Crippen molar-refractivity contribution in [2.75, 3.05) is 19.6 Å². The van der Waals surface area contributed by atoms with Gasteiger partial charge in [0.1, 0.15) is 0 Å². The van der Waals surface area contributed by atoms with Crippen molar-refractivity contribution in [1.82, 2.24) is 19.5 Å². The topological polar surface area (TPSA) is 59.5 Å². The first-order valence-electron chi connectivity index (χ1n) is 6.90. The van der Waals surface area contributed by atoms with Crippen LogP contribution in [0, 0.1) is 19.8 Å². The fourth-order valence-electron chi connectivity index (χ4n) is 2.92. The smallest absolute Gasteiger partial charge is 0.159 e. The van der Waals surface area contributed by atoms with Gasteiger partial charge in [0.15, 0.2) is 5.65 Å². The minimum Gasteiger partial charge on any atom is -0.330 e. The fourth-order valence-corrected chi connectivity index (χ4v) is 2.92. The molecule has 19 heavy (non-hydrogen) atoms. The Bertz CT molecular complexity index is 589. The van der Waals surface area contributed by atoms with Crippen molar-refractivity contribution in [3.05, 3.63) is 29.2 Å². The summed E-state index contributed by atoms with van der Waals surface area (Å²) in [5, 5.41) is 4.44. The molecule has 1 aliphatic rings. The second-order valence-corrected chi connectivity index (χ2v) is 5.57. The maximum Gasteiger partial charge on any atom is 0.159 e. The Balaban J connectivity index is 1.86. The monoisotopic (exact) mass is 259 g/mol. The van der Waals surface area contributed by atoms with Crippen LogP contribution in [0.1, 0.15) is 23.4 Å². The van der Waals surface area contributed by atoms with E-state index in [1.807, 2.05) is 17.6 Å². The van der Waals surface area contributed by atoms with Gasteiger partial charge < -0.3 is 5.73 Å². The molecule has 2 aromatic rings. The van der Waals surface area contributed by atoms with E-state index in [0.29, 0.717) is 5.92 Å². The third-order valence-electron chi connectivity index (χ3n) is 3.95. The van der Waals surface area contributed by atoms with Crippen molar-refractivity contribution in [2.45, 2.75) is 26.8 Å². The highest BCUT2D eigenvalue weighted by Gasteiger charge is 2.22. The Labute approximate surface area is 113 Å². The predicted molar refractivity (Wildman–Crippen MR) is 74.9 cm³/mol. The molecule has 102 valence electrons. The lowest BCUT2D eigenvalue weighted by Crippen LogP contribution is -2.22. The number of hydrogen-bond acceptors (Lipinski definition) is 4. The largest absolute Gasteiger partial charge is 0.330 e. The van der Waals surface area contributed by atoms with Crippen molar-refractivity contribution < 1.29 is 0 Å². The first kappa shape index (κ1) is 12.6. The molecule has 2 N–H and O–H groups in total. The van der Waals surface area contributed by atoms with Gasteiger partial charge in [-0.2, -0.15) is 5.10 Å². The standard InChI is InChI=1S/C14H21N5/c1-10-5-11(2)19-14(17-10)13(7-16-19)9-18-4-3-12(6-15)8-18/h5,7,12H,3-4,6,8-9,15H2,1-2H3/t12-/m1/s1. The summed E-state index contributed by atoms with van der Waals surface area (Å²) < 4.78 is 1.93. The minimum atomic E-state index is 0.651. The maximum absolute atomic E-state index is 5.74. The molecule has 1 fully saturated rings. The van der Waals surface area contributed by atoms with Crippen molar-refractivity contribution in [2.24, 2.45) is 11.7 Å². The van der Waals surface area contributed by atoms with Crippen LogP contribution in [0.25, 0.3) is 5.65 Å². The second-order valence-electron chi connectivity index (χ2n) is 5.57. The number of likely N-dealkylation sites (tertiary alicyclic amines) is 1. The summed E-state index contributed by atoms with van der Waals surface area (Å²) in [5.41, 5.74) is 10.1. The Morgan fingerprint density at radius 3 is 3.00 bits per heavy atom. The van der Waals surface area contributed by atoms with Gasteiger partial charge in [-0.15, -0.1) is 0 Å². The van der Waals surface area contributed by atoms with E-state index >= 15 is 0 Å². The number of hydrogen-bond donors (Lipinski definition) is 1. The number of fused-ring (bicyclic) bond motifs is 1. The molecule has 0 bridgehead atoms. The van der Waals surface area contributed by atoms with Crippen LogP contribution in [0.3, 0.4) is 0 Å². The fraction of sp³-hybridized carbons (Fsp3) is 0.571. The SMILES string of the molecule is Cc1cc(C)n2ncc(CN3CC[C@H](CN)C3)c2n1. The van der Waals surface area contributed by atoms with Crippen LogP contribution in [0.2, 0.25) is 0 Å². The number of nitrogens with two attached hydrogens (primary N) is 1. The van der Waals surface area contributed by atoms with Crippen LogP contribution in [-0.4, -0.2) is 39.1 Å². The van der Waals surface area contributed by atoms with Gasteiger partial charge >= 0.3 is 0 Å². The van der Waals surface area contributed by atoms with Crippen molar-refractivity contribution in [3.8, 4) is 0 Å². The Kier molecular flexibility index (Phi) is 3.24. The zero-order valence-corrected chi connectivity index (χ0v) is 11.6. The second kappa shape index (κ2) is 4.90. The molecule has 1 atom stereocenters. The summed E-state index contributed by atoms with van der Waals surface area (Å²) in [6.07, 6.45) is 3.16. The zero-order chi connectivity index (χ0) is 13.4. The van der Waals surface area contributed by atoms with Gasteiger partial charge in [-0.25, -0.2) is 9.50 Å². The zero-order valence-electron chi connectivity index (χ0n) is 11.6. The van der Waals surface area contributed by atoms with E-state index in [0.717, 1.165) is 43.2 Å². The molecule has 3 rings (SSSR count). The summed E-state index contributed by atoms with van der Waals surface area (Å²) in [7, 11) is 0. The van der Waals surface area contributed by atoms with Crippen LogP contribution in [-0.2, 0) is 6.54 Å². The van der Waals surface area contributed by atoms with Crippen LogP contribution in [0.5, 0.6) is 0 Å². The van der Waals surface area contributed by atoms with Gasteiger partial charge in [-0.05, 0) is 45.3 Å². The number of rotatable bonds is 3. The van der Waals surface area contributed by atoms with E-state index in [1.54, 1.807) is 0 Å². The molecule has 0 saturated carbocycles. The molecule has 0 aromatic carbocycles. The van der Waals surface area contributed by atoms with E-state index in [1.165, 1.54) is 12.0 Å². The highest BCUT2D eigenvalue weighted by molar-refractivity contribution is 5.47. The van der Waals surface area contributed by atoms with Crippen LogP contribution < -0.4 is 5.73 Å². The molecule has 2 aromatic heterocycles. The van der Waals surface area contributed by atoms with E-state index in [4.69, 9.17) is 5.73 Å². The van der Waals surface area contributed by atoms with Crippen molar-refractivity contribution >= 4 is 5.65 Å². The summed E-state index contributed by atoms with van der Waals surface area (Å²) in [6.45, 7) is 8.04. The molecule has 5 heteroatoms. The average molecular weight is 259 g/mol. The molecule has 0 spiro atoms. The van der Waals surface area contributed by atoms with Gasteiger partial charge in [0.25, 0.3) is 0 Å². The van der Waals surface area contributed by atoms with Crippen molar-refractivity contribution in [3.63, 3.8) is 0 Å². The van der Waals surface area contributed by atoms with E-state index in [2.05, 4.69) is 28.0 Å². The Morgan fingerprint density at radius 1 is 1.42 bits per heavy atom. The summed E-state index contributed by atoms with van der Waals surface area (Å²) in [4.78, 5) is 7.08. The minimum absolute atomic E-state index is 0.651. The molecule has 0 aliphatic carbocycles. The van der Waals surface area contributed by atoms with Gasteiger partial charge in [-0.1, -0.05) is 0 Å². The Morgan fingerprint density at radius 2 is 2.26 bits per heavy atom. The van der Waals surface area contributed by atoms with Crippen LogP contribution in [0.4, 0.5) is 0 Å². The Hall–Kier alpha value is -1.46. The molecule has 1 saturated heterocycles. The molecule has 0 amide bonds. The third-order valence-corrected chi connectivity index (χ3v) is 3.95. The number of nitrogens with zero attached hydrogens (tertiary/aromatic N) is 4. The molecular weight excluding hydrogens is 238 g/mol. The first-order chi connectivity index (χ1) is 9.17. The molecule has 3 heterocycles. The van der Waals surface area contributed by atoms with Crippen LogP contribution >= 0.6 is 0 Å². The van der Waals surface area contributed by atoms with E-state index in [9.17, 15) is 0 Å². The van der Waals surface area contributed by atoms with Gasteiger partial charge in [0.2, 0.25) is 0 Å². The van der Waals surface area contributed by atoms with Crippen molar-refractivity contribution in [1.29, 1.82) is 0 Å². The quantitative estimate of drug-likeness (QED) is 0.897. The highest BCUT2D eigenvalue weighted by atomic mass is 15.3. The molecule has 0 radical (unpaired) electrons. The summed E-state index contributed by atoms with van der Waals surface area (Å²) >= 11 is 0. The molecular formula is C14H21N5. The normalized spacial score (nSPS) is 20.5. The van der Waals surface area contributed by atoms with Gasteiger partial charge in [0, 0.05) is 30.0 Å². The lowest BCUT2D eigenvalue weighted by atomic mass is 10.1. The molecule has 0 unspecified atom stereocenters. The lowest BCUT2D eigenvalue weighted by molar-refractivity contribution is 0.319. The molecule has 5 nitrogen and oxygen atoms in total. The van der Waals surface area contributed by atoms with E-state index in [-0.39, 0.29) is 0 Å². The first-order valence-corrected chi connectivity index (χ1v) is 6.90. The molecule has 1 aliphatic heterocycles. The van der Waals surface area contributed by atoms with E-state index < -0.39 is 0 Å². The van der Waals surface area contributed by atoms with Gasteiger partial charge in [0.05, 0.1) is 6.20 Å². The highest BCUT2D eigenvalue weighted by Crippen LogP contribution is 2.20. The average Bonchev–Trinajstić information content (AvgIpc) is 2.97. The number of aromatic nitrogens is 3. The summed E-state index contributed by atoms with van der Waals surface area (Å²) in [6, 6.07) is 2.06. The predicted octanol–water partition coefficient (Wildman–Crippen LogP) is 1.13. The maximum atomic E-state index is 5.74. The van der Waals surface area contributed by atoms with Crippen LogP contribution in [0.15, 0.2) is 12.3 Å². The van der Waals surface area contributed by atoms with Gasteiger partial charge in [-0.3, -0.25) is 4.90 Å². The summed E-state index contributed by atoms with van der Waals surface area (Å²) in [5.74, 6) is 0.651. The number of aryl methyl sites for hydroxylation is 2.